The van der Waals surface area contributed by atoms with Gasteiger partial charge in [-0.3, -0.25) is 4.79 Å². The molecule has 5 nitrogen and oxygen atoms in total. The molecule has 0 atom stereocenters. The first kappa shape index (κ1) is 17.9. The molecule has 3 rings (SSSR count). The summed E-state index contributed by atoms with van der Waals surface area (Å²) in [5.41, 5.74) is 2.90. The van der Waals surface area contributed by atoms with E-state index in [1.807, 2.05) is 43.3 Å². The van der Waals surface area contributed by atoms with E-state index in [-0.39, 0.29) is 12.5 Å². The number of rotatable bonds is 5. The maximum Gasteiger partial charge on any atom is 0.246 e. The molecule has 0 N–H and O–H groups in total. The third-order valence-electron chi connectivity index (χ3n) is 3.78. The molecular weight excluding hydrogens is 350 g/mol. The average Bonchev–Trinajstić information content (AvgIpc) is 3.09. The molecule has 0 aliphatic rings. The van der Waals surface area contributed by atoms with Crippen molar-refractivity contribution < 1.29 is 9.32 Å². The Labute approximate surface area is 156 Å². The van der Waals surface area contributed by atoms with Crippen molar-refractivity contribution in [2.24, 2.45) is 0 Å². The van der Waals surface area contributed by atoms with E-state index in [4.69, 9.17) is 16.1 Å². The monoisotopic (exact) mass is 367 g/mol. The summed E-state index contributed by atoms with van der Waals surface area (Å²) in [5.74, 6) is 0.744. The molecule has 1 heterocycles. The smallest absolute Gasteiger partial charge is 0.246 e. The summed E-state index contributed by atoms with van der Waals surface area (Å²) in [6.07, 6.45) is 3.24. The molecule has 0 bridgehead atoms. The number of benzene rings is 2. The molecule has 3 aromatic rings. The van der Waals surface area contributed by atoms with Crippen molar-refractivity contribution in [3.05, 3.63) is 76.6 Å². The van der Waals surface area contributed by atoms with Gasteiger partial charge in [-0.25, -0.2) is 0 Å². The second kappa shape index (κ2) is 7.97. The summed E-state index contributed by atoms with van der Waals surface area (Å²) in [6.45, 7) is 2.24. The second-order valence-corrected chi connectivity index (χ2v) is 6.40. The van der Waals surface area contributed by atoms with E-state index in [1.165, 1.54) is 11.0 Å². The van der Waals surface area contributed by atoms with Crippen LogP contribution in [-0.4, -0.2) is 28.0 Å². The molecule has 0 aliphatic heterocycles. The zero-order valence-electron chi connectivity index (χ0n) is 14.5. The third-order valence-corrected chi connectivity index (χ3v) is 4.03. The largest absolute Gasteiger partial charge is 0.337 e. The predicted molar refractivity (Wildman–Crippen MR) is 101 cm³/mol. The van der Waals surface area contributed by atoms with Crippen LogP contribution in [0.3, 0.4) is 0 Å². The van der Waals surface area contributed by atoms with E-state index in [0.717, 1.165) is 16.7 Å². The molecule has 1 aromatic heterocycles. The molecule has 0 spiro atoms. The van der Waals surface area contributed by atoms with Gasteiger partial charge in [0.2, 0.25) is 17.6 Å². The Balaban J connectivity index is 1.63. The van der Waals surface area contributed by atoms with Crippen LogP contribution in [0.2, 0.25) is 5.02 Å². The fourth-order valence-electron chi connectivity index (χ4n) is 2.37. The summed E-state index contributed by atoms with van der Waals surface area (Å²) in [5, 5.41) is 4.65. The highest BCUT2D eigenvalue weighted by atomic mass is 35.5. The number of hydrogen-bond acceptors (Lipinski definition) is 4. The molecule has 0 saturated carbocycles. The lowest BCUT2D eigenvalue weighted by Crippen LogP contribution is -2.24. The number of carbonyl (C=O) groups is 1. The van der Waals surface area contributed by atoms with Crippen molar-refractivity contribution in [3.63, 3.8) is 0 Å². The predicted octanol–water partition coefficient (Wildman–Crippen LogP) is 4.37. The van der Waals surface area contributed by atoms with Crippen LogP contribution >= 0.6 is 11.6 Å². The Bertz CT molecular complexity index is 932. The van der Waals surface area contributed by atoms with Gasteiger partial charge in [0.1, 0.15) is 0 Å². The average molecular weight is 368 g/mol. The number of carbonyl (C=O) groups excluding carboxylic acids is 1. The van der Waals surface area contributed by atoms with Gasteiger partial charge in [0, 0.05) is 23.7 Å². The SMILES string of the molecule is Cc1cccc(-c2noc(CN(C)C(=O)/C=C/c3ccc(Cl)cc3)n2)c1. The van der Waals surface area contributed by atoms with Crippen LogP contribution in [0.25, 0.3) is 17.5 Å². The van der Waals surface area contributed by atoms with Crippen LogP contribution in [-0.2, 0) is 11.3 Å². The number of nitrogens with zero attached hydrogens (tertiary/aromatic N) is 3. The molecule has 1 amide bonds. The summed E-state index contributed by atoms with van der Waals surface area (Å²) < 4.78 is 5.26. The lowest BCUT2D eigenvalue weighted by molar-refractivity contribution is -0.125. The zero-order valence-corrected chi connectivity index (χ0v) is 15.3. The van der Waals surface area contributed by atoms with E-state index in [9.17, 15) is 4.79 Å². The Morgan fingerprint density at radius 1 is 1.23 bits per heavy atom. The van der Waals surface area contributed by atoms with E-state index >= 15 is 0 Å². The van der Waals surface area contributed by atoms with Crippen molar-refractivity contribution in [2.45, 2.75) is 13.5 Å². The Hall–Kier alpha value is -2.92. The van der Waals surface area contributed by atoms with Gasteiger partial charge in [0.05, 0.1) is 6.54 Å². The van der Waals surface area contributed by atoms with Gasteiger partial charge in [0.25, 0.3) is 0 Å². The number of aryl methyl sites for hydroxylation is 1. The van der Waals surface area contributed by atoms with Crippen LogP contribution < -0.4 is 0 Å². The van der Waals surface area contributed by atoms with Crippen LogP contribution in [0.15, 0.2) is 59.1 Å². The molecule has 132 valence electrons. The Morgan fingerprint density at radius 2 is 2.00 bits per heavy atom. The van der Waals surface area contributed by atoms with Gasteiger partial charge in [-0.05, 0) is 36.8 Å². The fraction of sp³-hybridized carbons (Fsp3) is 0.150. The van der Waals surface area contributed by atoms with Gasteiger partial charge in [0.15, 0.2) is 0 Å². The van der Waals surface area contributed by atoms with Crippen molar-refractivity contribution in [1.29, 1.82) is 0 Å². The normalized spacial score (nSPS) is 11.0. The number of hydrogen-bond donors (Lipinski definition) is 0. The lowest BCUT2D eigenvalue weighted by atomic mass is 10.1. The molecule has 0 fully saturated rings. The lowest BCUT2D eigenvalue weighted by Gasteiger charge is -2.11. The van der Waals surface area contributed by atoms with Crippen LogP contribution in [0.1, 0.15) is 17.0 Å². The van der Waals surface area contributed by atoms with Crippen LogP contribution in [0.5, 0.6) is 0 Å². The third kappa shape index (κ3) is 4.58. The second-order valence-electron chi connectivity index (χ2n) is 5.96. The van der Waals surface area contributed by atoms with Gasteiger partial charge in [-0.2, -0.15) is 4.98 Å². The molecule has 2 aromatic carbocycles. The van der Waals surface area contributed by atoms with E-state index < -0.39 is 0 Å². The molecule has 0 saturated heterocycles. The fourth-order valence-corrected chi connectivity index (χ4v) is 2.50. The molecule has 0 unspecified atom stereocenters. The van der Waals surface area contributed by atoms with Crippen molar-refractivity contribution in [1.82, 2.24) is 15.0 Å². The van der Waals surface area contributed by atoms with Gasteiger partial charge in [-0.15, -0.1) is 0 Å². The zero-order chi connectivity index (χ0) is 18.5. The van der Waals surface area contributed by atoms with Crippen molar-refractivity contribution in [2.75, 3.05) is 7.05 Å². The van der Waals surface area contributed by atoms with E-state index in [2.05, 4.69) is 10.1 Å². The van der Waals surface area contributed by atoms with Crippen molar-refractivity contribution >= 4 is 23.6 Å². The molecule has 26 heavy (non-hydrogen) atoms. The standard InChI is InChI=1S/C20H18ClN3O2/c1-14-4-3-5-16(12-14)20-22-18(26-23-20)13-24(2)19(25)11-8-15-6-9-17(21)10-7-15/h3-12H,13H2,1-2H3/b11-8+. The molecule has 0 radical (unpaired) electrons. The molecule has 0 aliphatic carbocycles. The first-order valence-electron chi connectivity index (χ1n) is 8.09. The van der Waals surface area contributed by atoms with Gasteiger partial charge < -0.3 is 9.42 Å². The Morgan fingerprint density at radius 3 is 2.73 bits per heavy atom. The summed E-state index contributed by atoms with van der Waals surface area (Å²) in [6, 6.07) is 15.1. The topological polar surface area (TPSA) is 59.2 Å². The highest BCUT2D eigenvalue weighted by Crippen LogP contribution is 2.17. The summed E-state index contributed by atoms with van der Waals surface area (Å²) in [4.78, 5) is 18.1. The molecule has 6 heteroatoms. The molecular formula is C20H18ClN3O2. The highest BCUT2D eigenvalue weighted by Gasteiger charge is 2.13. The van der Waals surface area contributed by atoms with Gasteiger partial charge >= 0.3 is 0 Å². The minimum absolute atomic E-state index is 0.157. The first-order chi connectivity index (χ1) is 12.5. The van der Waals surface area contributed by atoms with Gasteiger partial charge in [-0.1, -0.05) is 52.7 Å². The highest BCUT2D eigenvalue weighted by molar-refractivity contribution is 6.30. The quantitative estimate of drug-likeness (QED) is 0.628. The number of aromatic nitrogens is 2. The Kier molecular flexibility index (Phi) is 5.49. The number of likely N-dealkylation sites (N-methyl/N-ethyl adjacent to an activating group) is 1. The van der Waals surface area contributed by atoms with Crippen LogP contribution in [0.4, 0.5) is 0 Å². The first-order valence-corrected chi connectivity index (χ1v) is 8.47. The maximum absolute atomic E-state index is 12.2. The van der Waals surface area contributed by atoms with Crippen molar-refractivity contribution in [3.8, 4) is 11.4 Å². The maximum atomic E-state index is 12.2. The number of amides is 1. The minimum Gasteiger partial charge on any atom is -0.337 e. The van der Waals surface area contributed by atoms with Crippen LogP contribution in [0, 0.1) is 6.92 Å². The minimum atomic E-state index is -0.157. The van der Waals surface area contributed by atoms with E-state index in [1.54, 1.807) is 25.3 Å². The summed E-state index contributed by atoms with van der Waals surface area (Å²) in [7, 11) is 1.69. The number of halogens is 1. The summed E-state index contributed by atoms with van der Waals surface area (Å²) >= 11 is 5.85. The van der Waals surface area contributed by atoms with E-state index in [0.29, 0.717) is 16.7 Å².